The topological polar surface area (TPSA) is 58.1 Å². The number of halogens is 1. The number of nitrogens with one attached hydrogen (secondary N) is 1. The number of carbonyl (C=O) groups is 1. The molecular formula is C15H15ClN4O. The summed E-state index contributed by atoms with van der Waals surface area (Å²) < 4.78 is 0. The lowest BCUT2D eigenvalue weighted by atomic mass is 10.2. The average Bonchev–Trinajstić information content (AvgIpc) is 3.02. The molecule has 21 heavy (non-hydrogen) atoms. The van der Waals surface area contributed by atoms with Gasteiger partial charge in [0.15, 0.2) is 0 Å². The minimum Gasteiger partial charge on any atom is -0.356 e. The number of rotatable bonds is 3. The Morgan fingerprint density at radius 3 is 2.71 bits per heavy atom. The van der Waals surface area contributed by atoms with Gasteiger partial charge in [-0.2, -0.15) is 0 Å². The van der Waals surface area contributed by atoms with E-state index in [2.05, 4.69) is 20.2 Å². The van der Waals surface area contributed by atoms with E-state index < -0.39 is 0 Å². The summed E-state index contributed by atoms with van der Waals surface area (Å²) in [7, 11) is 0. The second kappa shape index (κ2) is 6.10. The highest BCUT2D eigenvalue weighted by Gasteiger charge is 2.15. The molecule has 2 aromatic rings. The van der Waals surface area contributed by atoms with E-state index in [0.717, 1.165) is 18.9 Å². The minimum absolute atomic E-state index is 0.272. The zero-order valence-electron chi connectivity index (χ0n) is 11.4. The molecule has 1 aliphatic rings. The van der Waals surface area contributed by atoms with Gasteiger partial charge in [-0.1, -0.05) is 23.7 Å². The van der Waals surface area contributed by atoms with Crippen molar-refractivity contribution in [2.24, 2.45) is 0 Å². The molecule has 1 aromatic heterocycles. The fourth-order valence-electron chi connectivity index (χ4n) is 2.36. The van der Waals surface area contributed by atoms with Crippen molar-refractivity contribution in [1.29, 1.82) is 0 Å². The first kappa shape index (κ1) is 13.8. The molecule has 0 saturated carbocycles. The molecule has 0 bridgehead atoms. The van der Waals surface area contributed by atoms with Crippen molar-refractivity contribution in [3.63, 3.8) is 0 Å². The van der Waals surface area contributed by atoms with Gasteiger partial charge in [-0.15, -0.1) is 0 Å². The van der Waals surface area contributed by atoms with Crippen LogP contribution in [-0.4, -0.2) is 29.0 Å². The number of aromatic nitrogens is 2. The Morgan fingerprint density at radius 1 is 1.19 bits per heavy atom. The standard InChI is InChI=1S/C15H15ClN4O/c16-12-6-2-1-5-11(12)15(21)19-13-9-14(18-10-17-13)20-7-3-4-8-20/h1-2,5-6,9-10H,3-4,7-8H2,(H,17,18,19,21). The molecule has 2 heterocycles. The number of hydrogen-bond donors (Lipinski definition) is 1. The molecule has 6 heteroatoms. The van der Waals surface area contributed by atoms with E-state index in [0.29, 0.717) is 16.4 Å². The van der Waals surface area contributed by atoms with Gasteiger partial charge in [-0.25, -0.2) is 9.97 Å². The first-order valence-corrected chi connectivity index (χ1v) is 7.25. The molecule has 0 spiro atoms. The third kappa shape index (κ3) is 3.13. The zero-order chi connectivity index (χ0) is 14.7. The Morgan fingerprint density at radius 2 is 1.95 bits per heavy atom. The van der Waals surface area contributed by atoms with E-state index in [1.807, 2.05) is 0 Å². The molecule has 0 unspecified atom stereocenters. The number of hydrogen-bond acceptors (Lipinski definition) is 4. The van der Waals surface area contributed by atoms with Crippen molar-refractivity contribution in [2.45, 2.75) is 12.8 Å². The van der Waals surface area contributed by atoms with E-state index in [-0.39, 0.29) is 5.91 Å². The molecule has 1 aliphatic heterocycles. The number of amides is 1. The van der Waals surface area contributed by atoms with Crippen LogP contribution in [0.4, 0.5) is 11.6 Å². The number of anilines is 2. The summed E-state index contributed by atoms with van der Waals surface area (Å²) in [5, 5.41) is 3.18. The molecule has 1 saturated heterocycles. The van der Waals surface area contributed by atoms with Gasteiger partial charge in [0.2, 0.25) is 0 Å². The maximum Gasteiger partial charge on any atom is 0.258 e. The van der Waals surface area contributed by atoms with Crippen molar-refractivity contribution in [1.82, 2.24) is 9.97 Å². The van der Waals surface area contributed by atoms with Gasteiger partial charge in [0.1, 0.15) is 18.0 Å². The van der Waals surface area contributed by atoms with Crippen molar-refractivity contribution >= 4 is 29.1 Å². The van der Waals surface area contributed by atoms with Crippen LogP contribution in [0.5, 0.6) is 0 Å². The van der Waals surface area contributed by atoms with E-state index in [1.165, 1.54) is 19.2 Å². The third-order valence-corrected chi connectivity index (χ3v) is 3.77. The largest absolute Gasteiger partial charge is 0.356 e. The molecular weight excluding hydrogens is 288 g/mol. The summed E-state index contributed by atoms with van der Waals surface area (Å²) in [5.74, 6) is 1.06. The van der Waals surface area contributed by atoms with Crippen LogP contribution in [0.1, 0.15) is 23.2 Å². The maximum atomic E-state index is 12.2. The first-order valence-electron chi connectivity index (χ1n) is 6.87. The SMILES string of the molecule is O=C(Nc1cc(N2CCCC2)ncn1)c1ccccc1Cl. The van der Waals surface area contributed by atoms with Crippen LogP contribution < -0.4 is 10.2 Å². The normalized spacial score (nSPS) is 14.2. The summed E-state index contributed by atoms with van der Waals surface area (Å²) in [6.45, 7) is 1.99. The fourth-order valence-corrected chi connectivity index (χ4v) is 2.59. The molecule has 1 amide bonds. The Kier molecular flexibility index (Phi) is 4.01. The van der Waals surface area contributed by atoms with Crippen molar-refractivity contribution in [2.75, 3.05) is 23.3 Å². The lowest BCUT2D eigenvalue weighted by molar-refractivity contribution is 0.102. The second-order valence-electron chi connectivity index (χ2n) is 4.89. The number of carbonyl (C=O) groups excluding carboxylic acids is 1. The van der Waals surface area contributed by atoms with Gasteiger partial charge < -0.3 is 10.2 Å². The van der Waals surface area contributed by atoms with Crippen LogP contribution in [0.2, 0.25) is 5.02 Å². The molecule has 1 aromatic carbocycles. The van der Waals surface area contributed by atoms with Crippen LogP contribution in [0.25, 0.3) is 0 Å². The maximum absolute atomic E-state index is 12.2. The van der Waals surface area contributed by atoms with Gasteiger partial charge in [0.05, 0.1) is 10.6 Å². The number of nitrogens with zero attached hydrogens (tertiary/aromatic N) is 3. The predicted octanol–water partition coefficient (Wildman–Crippen LogP) is 2.98. The monoisotopic (exact) mass is 302 g/mol. The zero-order valence-corrected chi connectivity index (χ0v) is 12.2. The van der Waals surface area contributed by atoms with Crippen molar-refractivity contribution < 1.29 is 4.79 Å². The quantitative estimate of drug-likeness (QED) is 0.947. The van der Waals surface area contributed by atoms with Crippen LogP contribution >= 0.6 is 11.6 Å². The van der Waals surface area contributed by atoms with Gasteiger partial charge in [-0.3, -0.25) is 4.79 Å². The lowest BCUT2D eigenvalue weighted by Gasteiger charge is -2.16. The molecule has 108 valence electrons. The third-order valence-electron chi connectivity index (χ3n) is 3.44. The summed E-state index contributed by atoms with van der Waals surface area (Å²) in [5.41, 5.74) is 0.431. The van der Waals surface area contributed by atoms with Crippen LogP contribution in [0, 0.1) is 0 Å². The van der Waals surface area contributed by atoms with Gasteiger partial charge in [-0.05, 0) is 25.0 Å². The van der Waals surface area contributed by atoms with E-state index in [9.17, 15) is 4.79 Å². The molecule has 0 atom stereocenters. The van der Waals surface area contributed by atoms with Gasteiger partial charge >= 0.3 is 0 Å². The Bertz CT molecular complexity index is 656. The van der Waals surface area contributed by atoms with Crippen LogP contribution in [-0.2, 0) is 0 Å². The van der Waals surface area contributed by atoms with Crippen molar-refractivity contribution in [3.05, 3.63) is 47.2 Å². The van der Waals surface area contributed by atoms with E-state index >= 15 is 0 Å². The Hall–Kier alpha value is -2.14. The summed E-state index contributed by atoms with van der Waals surface area (Å²) in [6, 6.07) is 8.72. The average molecular weight is 303 g/mol. The smallest absolute Gasteiger partial charge is 0.258 e. The predicted molar refractivity (Wildman–Crippen MR) is 82.9 cm³/mol. The molecule has 0 aliphatic carbocycles. The Labute approximate surface area is 128 Å². The minimum atomic E-state index is -0.272. The highest BCUT2D eigenvalue weighted by atomic mass is 35.5. The highest BCUT2D eigenvalue weighted by Crippen LogP contribution is 2.20. The second-order valence-corrected chi connectivity index (χ2v) is 5.30. The van der Waals surface area contributed by atoms with Gasteiger partial charge in [0, 0.05) is 19.2 Å². The Balaban J connectivity index is 1.77. The lowest BCUT2D eigenvalue weighted by Crippen LogP contribution is -2.20. The fraction of sp³-hybridized carbons (Fsp3) is 0.267. The van der Waals surface area contributed by atoms with Gasteiger partial charge in [0.25, 0.3) is 5.91 Å². The molecule has 1 fully saturated rings. The van der Waals surface area contributed by atoms with Crippen LogP contribution in [0.3, 0.4) is 0 Å². The summed E-state index contributed by atoms with van der Waals surface area (Å²) >= 11 is 6.02. The van der Waals surface area contributed by atoms with Crippen molar-refractivity contribution in [3.8, 4) is 0 Å². The first-order chi connectivity index (χ1) is 10.2. The molecule has 5 nitrogen and oxygen atoms in total. The highest BCUT2D eigenvalue weighted by molar-refractivity contribution is 6.34. The van der Waals surface area contributed by atoms with E-state index in [1.54, 1.807) is 30.3 Å². The molecule has 0 radical (unpaired) electrons. The molecule has 1 N–H and O–H groups in total. The number of benzene rings is 1. The summed E-state index contributed by atoms with van der Waals surface area (Å²) in [4.78, 5) is 22.7. The van der Waals surface area contributed by atoms with Crippen LogP contribution in [0.15, 0.2) is 36.7 Å². The molecule has 3 rings (SSSR count). The summed E-state index contributed by atoms with van der Waals surface area (Å²) in [6.07, 6.45) is 3.81. The van der Waals surface area contributed by atoms with E-state index in [4.69, 9.17) is 11.6 Å².